The maximum atomic E-state index is 10.6. The second kappa shape index (κ2) is 11.9. The monoisotopic (exact) mass is 417 g/mol. The van der Waals surface area contributed by atoms with Crippen LogP contribution in [0, 0.1) is 0 Å². The van der Waals surface area contributed by atoms with E-state index in [0.29, 0.717) is 31.1 Å². The van der Waals surface area contributed by atoms with Gasteiger partial charge >= 0.3 is 0 Å². The Morgan fingerprint density at radius 3 is 2.13 bits per heavy atom. The minimum Gasteiger partial charge on any atom is -0.490 e. The van der Waals surface area contributed by atoms with Crippen molar-refractivity contribution in [3.8, 4) is 11.5 Å². The standard InChI is InChI=1S/C27H31NO3/c1-3-12-23-17-11-18-25(30-4-2)27(23)31-20-24(29)19-28-26(21-13-7-5-8-14-21)22-15-9-6-10-16-22/h3,5-11,13-18,24,26,28-29H,1,4,12,19-20H2,2H3. The fraction of sp³-hybridized carbons (Fsp3) is 0.259. The van der Waals surface area contributed by atoms with Gasteiger partial charge in [0.2, 0.25) is 0 Å². The molecule has 4 nitrogen and oxygen atoms in total. The molecule has 0 saturated carbocycles. The van der Waals surface area contributed by atoms with Gasteiger partial charge in [0.25, 0.3) is 0 Å². The maximum Gasteiger partial charge on any atom is 0.164 e. The van der Waals surface area contributed by atoms with E-state index in [1.807, 2.05) is 67.6 Å². The van der Waals surface area contributed by atoms with Crippen molar-refractivity contribution in [2.45, 2.75) is 25.5 Å². The summed E-state index contributed by atoms with van der Waals surface area (Å²) in [6.07, 6.45) is 1.83. The highest BCUT2D eigenvalue weighted by Gasteiger charge is 2.17. The topological polar surface area (TPSA) is 50.7 Å². The zero-order valence-electron chi connectivity index (χ0n) is 18.0. The van der Waals surface area contributed by atoms with Crippen molar-refractivity contribution in [1.29, 1.82) is 0 Å². The van der Waals surface area contributed by atoms with E-state index in [1.165, 1.54) is 0 Å². The molecule has 0 aliphatic rings. The number of allylic oxidation sites excluding steroid dienone is 1. The Labute approximate surface area is 185 Å². The van der Waals surface area contributed by atoms with Crippen molar-refractivity contribution in [3.05, 3.63) is 108 Å². The largest absolute Gasteiger partial charge is 0.490 e. The molecule has 0 aliphatic carbocycles. The van der Waals surface area contributed by atoms with Crippen molar-refractivity contribution in [2.24, 2.45) is 0 Å². The Morgan fingerprint density at radius 2 is 1.55 bits per heavy atom. The number of hydrogen-bond acceptors (Lipinski definition) is 4. The highest BCUT2D eigenvalue weighted by Crippen LogP contribution is 2.32. The van der Waals surface area contributed by atoms with E-state index >= 15 is 0 Å². The third kappa shape index (κ3) is 6.45. The van der Waals surface area contributed by atoms with Crippen LogP contribution in [0.3, 0.4) is 0 Å². The van der Waals surface area contributed by atoms with Crippen LogP contribution in [0.5, 0.6) is 11.5 Å². The summed E-state index contributed by atoms with van der Waals surface area (Å²) < 4.78 is 11.7. The SMILES string of the molecule is C=CCc1cccc(OCC)c1OCC(O)CNC(c1ccccc1)c1ccccc1. The van der Waals surface area contributed by atoms with Crippen LogP contribution in [-0.4, -0.2) is 31.0 Å². The Balaban J connectivity index is 1.66. The van der Waals surface area contributed by atoms with E-state index in [0.717, 1.165) is 16.7 Å². The van der Waals surface area contributed by atoms with E-state index in [-0.39, 0.29) is 12.6 Å². The van der Waals surface area contributed by atoms with Gasteiger partial charge in [-0.25, -0.2) is 0 Å². The average Bonchev–Trinajstić information content (AvgIpc) is 2.80. The maximum absolute atomic E-state index is 10.6. The van der Waals surface area contributed by atoms with Gasteiger partial charge in [-0.3, -0.25) is 0 Å². The summed E-state index contributed by atoms with van der Waals surface area (Å²) in [7, 11) is 0. The number of benzene rings is 3. The molecule has 3 aromatic rings. The minimum absolute atomic E-state index is 0.0101. The van der Waals surface area contributed by atoms with Crippen molar-refractivity contribution in [1.82, 2.24) is 5.32 Å². The van der Waals surface area contributed by atoms with Gasteiger partial charge in [-0.1, -0.05) is 78.9 Å². The van der Waals surface area contributed by atoms with Gasteiger partial charge in [-0.15, -0.1) is 6.58 Å². The van der Waals surface area contributed by atoms with Gasteiger partial charge < -0.3 is 19.9 Å². The average molecular weight is 418 g/mol. The number of ether oxygens (including phenoxy) is 2. The fourth-order valence-corrected chi connectivity index (χ4v) is 3.52. The molecule has 0 saturated heterocycles. The molecule has 0 bridgehead atoms. The van der Waals surface area contributed by atoms with Crippen molar-refractivity contribution in [2.75, 3.05) is 19.8 Å². The third-order valence-corrected chi connectivity index (χ3v) is 4.97. The Kier molecular flexibility index (Phi) is 8.71. The van der Waals surface area contributed by atoms with Crippen LogP contribution >= 0.6 is 0 Å². The van der Waals surface area contributed by atoms with Crippen LogP contribution in [-0.2, 0) is 6.42 Å². The van der Waals surface area contributed by atoms with E-state index < -0.39 is 6.10 Å². The minimum atomic E-state index is -0.679. The first kappa shape index (κ1) is 22.6. The highest BCUT2D eigenvalue weighted by molar-refractivity contribution is 5.47. The molecule has 3 rings (SSSR count). The lowest BCUT2D eigenvalue weighted by atomic mass is 9.98. The first-order valence-electron chi connectivity index (χ1n) is 10.7. The third-order valence-electron chi connectivity index (χ3n) is 4.97. The number of rotatable bonds is 12. The molecule has 2 N–H and O–H groups in total. The van der Waals surface area contributed by atoms with Crippen LogP contribution in [0.1, 0.15) is 29.7 Å². The first-order valence-corrected chi connectivity index (χ1v) is 10.7. The second-order valence-corrected chi connectivity index (χ2v) is 7.30. The molecule has 1 atom stereocenters. The molecule has 1 unspecified atom stereocenters. The fourth-order valence-electron chi connectivity index (χ4n) is 3.52. The van der Waals surface area contributed by atoms with Crippen molar-refractivity contribution in [3.63, 3.8) is 0 Å². The molecule has 162 valence electrons. The first-order chi connectivity index (χ1) is 15.2. The van der Waals surface area contributed by atoms with Gasteiger partial charge in [-0.05, 0) is 30.5 Å². The van der Waals surface area contributed by atoms with Gasteiger partial charge in [-0.2, -0.15) is 0 Å². The molecule has 4 heteroatoms. The second-order valence-electron chi connectivity index (χ2n) is 7.30. The molecule has 0 radical (unpaired) electrons. The molecule has 0 amide bonds. The summed E-state index contributed by atoms with van der Waals surface area (Å²) in [5.74, 6) is 1.36. The van der Waals surface area contributed by atoms with Crippen LogP contribution in [0.15, 0.2) is 91.5 Å². The zero-order chi connectivity index (χ0) is 21.9. The smallest absolute Gasteiger partial charge is 0.164 e. The molecule has 31 heavy (non-hydrogen) atoms. The summed E-state index contributed by atoms with van der Waals surface area (Å²) in [6, 6.07) is 26.3. The molecule has 3 aromatic carbocycles. The van der Waals surface area contributed by atoms with Gasteiger partial charge in [0.05, 0.1) is 12.6 Å². The summed E-state index contributed by atoms with van der Waals surface area (Å²) >= 11 is 0. The molecule has 0 spiro atoms. The molecule has 0 fully saturated rings. The summed E-state index contributed by atoms with van der Waals surface area (Å²) in [6.45, 7) is 6.86. The Morgan fingerprint density at radius 1 is 0.903 bits per heavy atom. The van der Waals surface area contributed by atoms with Crippen molar-refractivity contribution >= 4 is 0 Å². The molecule has 0 aromatic heterocycles. The van der Waals surface area contributed by atoms with Crippen LogP contribution in [0.25, 0.3) is 0 Å². The van der Waals surface area contributed by atoms with Crippen LogP contribution < -0.4 is 14.8 Å². The summed E-state index contributed by atoms with van der Waals surface area (Å²) in [5.41, 5.74) is 3.29. The molecular formula is C27H31NO3. The van der Waals surface area contributed by atoms with E-state index in [2.05, 4.69) is 36.2 Å². The van der Waals surface area contributed by atoms with E-state index in [9.17, 15) is 5.11 Å². The molecule has 0 aliphatic heterocycles. The predicted octanol–water partition coefficient (Wildman–Crippen LogP) is 4.93. The molecule has 0 heterocycles. The zero-order valence-corrected chi connectivity index (χ0v) is 18.0. The number of para-hydroxylation sites is 1. The van der Waals surface area contributed by atoms with Gasteiger partial charge in [0.15, 0.2) is 11.5 Å². The number of aliphatic hydroxyl groups excluding tert-OH is 1. The lowest BCUT2D eigenvalue weighted by molar-refractivity contribution is 0.102. The normalized spacial score (nSPS) is 11.8. The van der Waals surface area contributed by atoms with E-state index in [1.54, 1.807) is 0 Å². The molecular weight excluding hydrogens is 386 g/mol. The number of nitrogens with one attached hydrogen (secondary N) is 1. The lowest BCUT2D eigenvalue weighted by Crippen LogP contribution is -2.34. The summed E-state index contributed by atoms with van der Waals surface area (Å²) in [5, 5.41) is 14.1. The van der Waals surface area contributed by atoms with Crippen LogP contribution in [0.4, 0.5) is 0 Å². The quantitative estimate of drug-likeness (QED) is 0.410. The Hall–Kier alpha value is -3.08. The lowest BCUT2D eigenvalue weighted by Gasteiger charge is -2.23. The predicted molar refractivity (Wildman–Crippen MR) is 126 cm³/mol. The van der Waals surface area contributed by atoms with E-state index in [4.69, 9.17) is 9.47 Å². The van der Waals surface area contributed by atoms with Gasteiger partial charge in [0.1, 0.15) is 12.7 Å². The highest BCUT2D eigenvalue weighted by atomic mass is 16.5. The van der Waals surface area contributed by atoms with Crippen molar-refractivity contribution < 1.29 is 14.6 Å². The Bertz CT molecular complexity index is 888. The number of aliphatic hydroxyl groups is 1. The van der Waals surface area contributed by atoms with Crippen LogP contribution in [0.2, 0.25) is 0 Å². The number of hydrogen-bond donors (Lipinski definition) is 2. The summed E-state index contributed by atoms with van der Waals surface area (Å²) in [4.78, 5) is 0. The van der Waals surface area contributed by atoms with Gasteiger partial charge in [0, 0.05) is 12.1 Å².